The minimum atomic E-state index is -4.77. The average Bonchev–Trinajstić information content (AvgIpc) is 3.02. The van der Waals surface area contributed by atoms with E-state index in [1.54, 1.807) is 4.90 Å². The molecular formula is C20H19F3N2O3. The lowest BCUT2D eigenvalue weighted by Gasteiger charge is -2.16. The number of rotatable bonds is 6. The monoisotopic (exact) mass is 392 g/mol. The summed E-state index contributed by atoms with van der Waals surface area (Å²) in [6, 6.07) is 14.6. The van der Waals surface area contributed by atoms with E-state index in [9.17, 15) is 22.8 Å². The molecule has 5 nitrogen and oxygen atoms in total. The molecule has 2 aromatic rings. The largest absolute Gasteiger partial charge is 0.573 e. The number of ether oxygens (including phenoxy) is 1. The Labute approximate surface area is 160 Å². The summed E-state index contributed by atoms with van der Waals surface area (Å²) >= 11 is 0. The van der Waals surface area contributed by atoms with Crippen LogP contribution in [0.3, 0.4) is 0 Å². The molecule has 8 heteroatoms. The maximum absolute atomic E-state index is 12.4. The van der Waals surface area contributed by atoms with Crippen LogP contribution in [0.25, 0.3) is 0 Å². The second-order valence-electron chi connectivity index (χ2n) is 6.54. The van der Waals surface area contributed by atoms with Crippen molar-refractivity contribution in [2.75, 3.05) is 18.4 Å². The van der Waals surface area contributed by atoms with E-state index in [-0.39, 0.29) is 24.0 Å². The lowest BCUT2D eigenvalue weighted by atomic mass is 10.1. The molecule has 1 saturated heterocycles. The summed E-state index contributed by atoms with van der Waals surface area (Å²) in [6.45, 7) is 0.864. The molecule has 0 spiro atoms. The average molecular weight is 392 g/mol. The van der Waals surface area contributed by atoms with E-state index < -0.39 is 12.3 Å². The zero-order valence-electron chi connectivity index (χ0n) is 14.9. The molecule has 148 valence electrons. The van der Waals surface area contributed by atoms with Gasteiger partial charge in [0, 0.05) is 25.2 Å². The number of amides is 2. The highest BCUT2D eigenvalue weighted by Crippen LogP contribution is 2.25. The van der Waals surface area contributed by atoms with Gasteiger partial charge in [-0.15, -0.1) is 13.2 Å². The van der Waals surface area contributed by atoms with E-state index in [2.05, 4.69) is 10.1 Å². The number of hydrogen-bond donors (Lipinski definition) is 1. The summed E-state index contributed by atoms with van der Waals surface area (Å²) < 4.78 is 40.3. The topological polar surface area (TPSA) is 58.6 Å². The van der Waals surface area contributed by atoms with Crippen molar-refractivity contribution in [3.05, 3.63) is 60.2 Å². The van der Waals surface area contributed by atoms with Crippen molar-refractivity contribution in [3.8, 4) is 5.75 Å². The zero-order chi connectivity index (χ0) is 20.1. The molecule has 0 aliphatic carbocycles. The summed E-state index contributed by atoms with van der Waals surface area (Å²) in [5, 5.41) is 2.63. The molecule has 0 saturated carbocycles. The summed E-state index contributed by atoms with van der Waals surface area (Å²) in [6.07, 6.45) is -3.93. The number of halogens is 3. The van der Waals surface area contributed by atoms with Gasteiger partial charge in [-0.1, -0.05) is 30.3 Å². The first kappa shape index (κ1) is 19.7. The Bertz CT molecular complexity index is 823. The van der Waals surface area contributed by atoms with E-state index in [0.29, 0.717) is 25.2 Å². The third-order valence-electron chi connectivity index (χ3n) is 4.45. The molecule has 1 N–H and O–H groups in total. The Morgan fingerprint density at radius 1 is 1.11 bits per heavy atom. The zero-order valence-corrected chi connectivity index (χ0v) is 14.9. The van der Waals surface area contributed by atoms with Crippen molar-refractivity contribution in [3.63, 3.8) is 0 Å². The maximum Gasteiger partial charge on any atom is 0.573 e. The first-order chi connectivity index (χ1) is 13.3. The third-order valence-corrected chi connectivity index (χ3v) is 4.45. The fraction of sp³-hybridized carbons (Fsp3) is 0.300. The standard InChI is InChI=1S/C20H19F3N2O3/c21-20(22,23)28-17-8-6-16(7-9-17)24-19(27)15-12-18(26)25(13-15)11-10-14-4-2-1-3-5-14/h1-9,15H,10-13H2,(H,24,27). The van der Waals surface area contributed by atoms with Crippen LogP contribution in [0.15, 0.2) is 54.6 Å². The van der Waals surface area contributed by atoms with Gasteiger partial charge < -0.3 is 15.0 Å². The molecule has 3 rings (SSSR count). The van der Waals surface area contributed by atoms with E-state index in [4.69, 9.17) is 0 Å². The van der Waals surface area contributed by atoms with Gasteiger partial charge in [-0.05, 0) is 36.2 Å². The van der Waals surface area contributed by atoms with Crippen LogP contribution < -0.4 is 10.1 Å². The number of carbonyl (C=O) groups is 2. The van der Waals surface area contributed by atoms with Crippen LogP contribution in [0.2, 0.25) is 0 Å². The van der Waals surface area contributed by atoms with Gasteiger partial charge in [0.25, 0.3) is 0 Å². The molecule has 1 aliphatic rings. The van der Waals surface area contributed by atoms with E-state index in [1.807, 2.05) is 30.3 Å². The van der Waals surface area contributed by atoms with Crippen molar-refractivity contribution in [1.82, 2.24) is 4.90 Å². The lowest BCUT2D eigenvalue weighted by Crippen LogP contribution is -2.30. The third kappa shape index (κ3) is 5.48. The Morgan fingerprint density at radius 2 is 1.79 bits per heavy atom. The van der Waals surface area contributed by atoms with Crippen molar-refractivity contribution >= 4 is 17.5 Å². The van der Waals surface area contributed by atoms with Gasteiger partial charge in [0.05, 0.1) is 5.92 Å². The van der Waals surface area contributed by atoms with Crippen LogP contribution >= 0.6 is 0 Å². The second-order valence-corrected chi connectivity index (χ2v) is 6.54. The van der Waals surface area contributed by atoms with Crippen LogP contribution in [0, 0.1) is 5.92 Å². The Hall–Kier alpha value is -3.03. The Morgan fingerprint density at radius 3 is 2.43 bits per heavy atom. The molecule has 28 heavy (non-hydrogen) atoms. The lowest BCUT2D eigenvalue weighted by molar-refractivity contribution is -0.274. The number of alkyl halides is 3. The molecule has 2 amide bonds. The van der Waals surface area contributed by atoms with Crippen molar-refractivity contribution in [1.29, 1.82) is 0 Å². The number of hydrogen-bond acceptors (Lipinski definition) is 3. The normalized spacial score (nSPS) is 16.9. The van der Waals surface area contributed by atoms with Gasteiger partial charge in [-0.25, -0.2) is 0 Å². The molecule has 1 heterocycles. The summed E-state index contributed by atoms with van der Waals surface area (Å²) in [5.41, 5.74) is 1.46. The van der Waals surface area contributed by atoms with Gasteiger partial charge in [0.1, 0.15) is 5.75 Å². The van der Waals surface area contributed by atoms with Crippen LogP contribution in [-0.2, 0) is 16.0 Å². The molecule has 1 unspecified atom stereocenters. The predicted molar refractivity (Wildman–Crippen MR) is 96.6 cm³/mol. The smallest absolute Gasteiger partial charge is 0.406 e. The maximum atomic E-state index is 12.4. The molecule has 1 aliphatic heterocycles. The first-order valence-electron chi connectivity index (χ1n) is 8.78. The molecule has 1 atom stereocenters. The van der Waals surface area contributed by atoms with Gasteiger partial charge in [0.2, 0.25) is 11.8 Å². The number of benzene rings is 2. The van der Waals surface area contributed by atoms with Gasteiger partial charge in [-0.3, -0.25) is 9.59 Å². The molecule has 0 aromatic heterocycles. The van der Waals surface area contributed by atoms with Crippen LogP contribution in [0.5, 0.6) is 5.75 Å². The Balaban J connectivity index is 1.51. The van der Waals surface area contributed by atoms with Crippen molar-refractivity contribution in [2.45, 2.75) is 19.2 Å². The van der Waals surface area contributed by atoms with Crippen LogP contribution in [0.1, 0.15) is 12.0 Å². The summed E-state index contributed by atoms with van der Waals surface area (Å²) in [5.74, 6) is -1.27. The first-order valence-corrected chi connectivity index (χ1v) is 8.78. The van der Waals surface area contributed by atoms with Gasteiger partial charge in [0.15, 0.2) is 0 Å². The minimum absolute atomic E-state index is 0.0787. The van der Waals surface area contributed by atoms with E-state index >= 15 is 0 Å². The predicted octanol–water partition coefficient (Wildman–Crippen LogP) is 3.61. The van der Waals surface area contributed by atoms with Gasteiger partial charge in [-0.2, -0.15) is 0 Å². The van der Waals surface area contributed by atoms with Gasteiger partial charge >= 0.3 is 6.36 Å². The minimum Gasteiger partial charge on any atom is -0.406 e. The van der Waals surface area contributed by atoms with Crippen LogP contribution in [0.4, 0.5) is 18.9 Å². The number of nitrogens with one attached hydrogen (secondary N) is 1. The number of nitrogens with zero attached hydrogens (tertiary/aromatic N) is 1. The molecule has 0 radical (unpaired) electrons. The second kappa shape index (κ2) is 8.33. The molecule has 0 bridgehead atoms. The molecular weight excluding hydrogens is 373 g/mol. The number of anilines is 1. The SMILES string of the molecule is O=C(Nc1ccc(OC(F)(F)F)cc1)C1CC(=O)N(CCc2ccccc2)C1. The fourth-order valence-electron chi connectivity index (χ4n) is 3.06. The highest BCUT2D eigenvalue weighted by Gasteiger charge is 2.34. The quantitative estimate of drug-likeness (QED) is 0.817. The van der Waals surface area contributed by atoms with E-state index in [0.717, 1.165) is 17.7 Å². The number of carbonyl (C=O) groups excluding carboxylic acids is 2. The Kier molecular flexibility index (Phi) is 5.87. The number of likely N-dealkylation sites (tertiary alicyclic amines) is 1. The summed E-state index contributed by atoms with van der Waals surface area (Å²) in [7, 11) is 0. The van der Waals surface area contributed by atoms with Crippen molar-refractivity contribution < 1.29 is 27.5 Å². The highest BCUT2D eigenvalue weighted by atomic mass is 19.4. The molecule has 2 aromatic carbocycles. The summed E-state index contributed by atoms with van der Waals surface area (Å²) in [4.78, 5) is 26.2. The van der Waals surface area contributed by atoms with E-state index in [1.165, 1.54) is 12.1 Å². The highest BCUT2D eigenvalue weighted by molar-refractivity contribution is 5.97. The fourth-order valence-corrected chi connectivity index (χ4v) is 3.06. The molecule has 1 fully saturated rings. The van der Waals surface area contributed by atoms with Crippen LogP contribution in [-0.4, -0.2) is 36.2 Å². The van der Waals surface area contributed by atoms with Crippen molar-refractivity contribution in [2.24, 2.45) is 5.92 Å².